The predicted molar refractivity (Wildman–Crippen MR) is 72.4 cm³/mol. The number of carbonyl (C=O) groups is 2. The number of rotatable bonds is 6. The van der Waals surface area contributed by atoms with Gasteiger partial charge in [0.05, 0.1) is 13.0 Å². The number of hydrogen-bond donors (Lipinski definition) is 2. The molecule has 1 saturated carbocycles. The lowest BCUT2D eigenvalue weighted by molar-refractivity contribution is -0.121. The van der Waals surface area contributed by atoms with Gasteiger partial charge in [-0.3, -0.25) is 4.79 Å². The largest absolute Gasteiger partial charge is 0.492 e. The lowest BCUT2D eigenvalue weighted by Gasteiger charge is -2.09. The molecule has 2 rings (SSSR count). The van der Waals surface area contributed by atoms with Gasteiger partial charge in [0, 0.05) is 10.5 Å². The summed E-state index contributed by atoms with van der Waals surface area (Å²) in [7, 11) is 0. The Morgan fingerprint density at radius 2 is 2.16 bits per heavy atom. The standard InChI is InChI=1S/C13H14BrNO4/c14-8-1-4-10(13(17)18)11(7-8)19-6-5-12(16)15-9-2-3-9/h1,4,7,9H,2-3,5-6H2,(H,15,16)(H,17,18). The molecule has 0 unspecified atom stereocenters. The minimum atomic E-state index is -1.05. The Bertz CT molecular complexity index is 499. The molecule has 0 saturated heterocycles. The number of nitrogens with one attached hydrogen (secondary N) is 1. The number of carboxylic acids is 1. The molecule has 1 aromatic carbocycles. The minimum absolute atomic E-state index is 0.0608. The fourth-order valence-corrected chi connectivity index (χ4v) is 1.91. The van der Waals surface area contributed by atoms with E-state index in [2.05, 4.69) is 21.2 Å². The van der Waals surface area contributed by atoms with Gasteiger partial charge in [0.1, 0.15) is 11.3 Å². The molecule has 0 aliphatic heterocycles. The average Bonchev–Trinajstić information content (AvgIpc) is 3.12. The van der Waals surface area contributed by atoms with E-state index in [1.807, 2.05) is 0 Å². The van der Waals surface area contributed by atoms with E-state index in [4.69, 9.17) is 9.84 Å². The van der Waals surface area contributed by atoms with Crippen LogP contribution in [-0.4, -0.2) is 29.6 Å². The zero-order valence-corrected chi connectivity index (χ0v) is 11.8. The number of halogens is 1. The highest BCUT2D eigenvalue weighted by Crippen LogP contribution is 2.24. The SMILES string of the molecule is O=C(CCOc1cc(Br)ccc1C(=O)O)NC1CC1. The van der Waals surface area contributed by atoms with E-state index in [-0.39, 0.29) is 30.2 Å². The normalized spacial score (nSPS) is 13.9. The van der Waals surface area contributed by atoms with Gasteiger partial charge < -0.3 is 15.2 Å². The van der Waals surface area contributed by atoms with Crippen molar-refractivity contribution in [3.8, 4) is 5.75 Å². The van der Waals surface area contributed by atoms with Crippen molar-refractivity contribution in [1.29, 1.82) is 0 Å². The van der Waals surface area contributed by atoms with E-state index in [9.17, 15) is 9.59 Å². The van der Waals surface area contributed by atoms with Crippen molar-refractivity contribution < 1.29 is 19.4 Å². The topological polar surface area (TPSA) is 75.6 Å². The van der Waals surface area contributed by atoms with Gasteiger partial charge in [-0.25, -0.2) is 4.79 Å². The van der Waals surface area contributed by atoms with E-state index < -0.39 is 5.97 Å². The fourth-order valence-electron chi connectivity index (χ4n) is 1.57. The first-order chi connectivity index (χ1) is 9.06. The second-order valence-electron chi connectivity index (χ2n) is 4.39. The monoisotopic (exact) mass is 327 g/mol. The van der Waals surface area contributed by atoms with Gasteiger partial charge in [-0.15, -0.1) is 0 Å². The summed E-state index contributed by atoms with van der Waals surface area (Å²) < 4.78 is 6.11. The van der Waals surface area contributed by atoms with Gasteiger partial charge in [0.25, 0.3) is 0 Å². The smallest absolute Gasteiger partial charge is 0.339 e. The average molecular weight is 328 g/mol. The van der Waals surface area contributed by atoms with Crippen LogP contribution in [0.25, 0.3) is 0 Å². The van der Waals surface area contributed by atoms with Gasteiger partial charge in [-0.2, -0.15) is 0 Å². The predicted octanol–water partition coefficient (Wildman–Crippen LogP) is 2.19. The Balaban J connectivity index is 1.88. The Labute approximate surface area is 119 Å². The summed E-state index contributed by atoms with van der Waals surface area (Å²) in [6, 6.07) is 5.01. The molecule has 102 valence electrons. The number of carboxylic acid groups (broad SMARTS) is 1. The molecule has 0 spiro atoms. The molecule has 1 aromatic rings. The molecule has 2 N–H and O–H groups in total. The molecule has 6 heteroatoms. The fraction of sp³-hybridized carbons (Fsp3) is 0.385. The van der Waals surface area contributed by atoms with Crippen LogP contribution in [-0.2, 0) is 4.79 Å². The number of carbonyl (C=O) groups excluding carboxylic acids is 1. The third-order valence-corrected chi connectivity index (χ3v) is 3.20. The molecule has 0 atom stereocenters. The third-order valence-electron chi connectivity index (χ3n) is 2.70. The van der Waals surface area contributed by atoms with Crippen molar-refractivity contribution in [2.45, 2.75) is 25.3 Å². The molecule has 1 fully saturated rings. The van der Waals surface area contributed by atoms with Crippen LogP contribution in [0, 0.1) is 0 Å². The second kappa shape index (κ2) is 6.06. The molecular formula is C13H14BrNO4. The Morgan fingerprint density at radius 3 is 2.79 bits per heavy atom. The van der Waals surface area contributed by atoms with Gasteiger partial charge in [-0.05, 0) is 31.0 Å². The summed E-state index contributed by atoms with van der Waals surface area (Å²) in [5.74, 6) is -0.847. The minimum Gasteiger partial charge on any atom is -0.492 e. The van der Waals surface area contributed by atoms with Gasteiger partial charge in [0.15, 0.2) is 0 Å². The molecule has 0 heterocycles. The van der Waals surface area contributed by atoms with Crippen molar-refractivity contribution in [2.75, 3.05) is 6.61 Å². The zero-order valence-electron chi connectivity index (χ0n) is 10.2. The summed E-state index contributed by atoms with van der Waals surface area (Å²) in [6.07, 6.45) is 2.31. The van der Waals surface area contributed by atoms with Gasteiger partial charge in [0.2, 0.25) is 5.91 Å². The van der Waals surface area contributed by atoms with Crippen LogP contribution in [0.1, 0.15) is 29.6 Å². The summed E-state index contributed by atoms with van der Waals surface area (Å²) in [6.45, 7) is 0.162. The van der Waals surface area contributed by atoms with Gasteiger partial charge in [-0.1, -0.05) is 15.9 Å². The first-order valence-electron chi connectivity index (χ1n) is 6.01. The van der Waals surface area contributed by atoms with Gasteiger partial charge >= 0.3 is 5.97 Å². The lowest BCUT2D eigenvalue weighted by atomic mass is 10.2. The summed E-state index contributed by atoms with van der Waals surface area (Å²) in [5.41, 5.74) is 0.0887. The second-order valence-corrected chi connectivity index (χ2v) is 5.30. The molecule has 5 nitrogen and oxygen atoms in total. The van der Waals surface area contributed by atoms with Crippen LogP contribution in [0.5, 0.6) is 5.75 Å². The van der Waals surface area contributed by atoms with Crippen molar-refractivity contribution >= 4 is 27.8 Å². The molecular weight excluding hydrogens is 314 g/mol. The summed E-state index contributed by atoms with van der Waals surface area (Å²) in [4.78, 5) is 22.5. The number of benzene rings is 1. The highest BCUT2D eigenvalue weighted by Gasteiger charge is 2.23. The molecule has 1 aliphatic rings. The Hall–Kier alpha value is -1.56. The number of amides is 1. The van der Waals surface area contributed by atoms with Crippen molar-refractivity contribution in [3.05, 3.63) is 28.2 Å². The van der Waals surface area contributed by atoms with Crippen molar-refractivity contribution in [3.63, 3.8) is 0 Å². The Morgan fingerprint density at radius 1 is 1.42 bits per heavy atom. The molecule has 1 aliphatic carbocycles. The maximum Gasteiger partial charge on any atom is 0.339 e. The van der Waals surface area contributed by atoms with Crippen LogP contribution in [0.15, 0.2) is 22.7 Å². The lowest BCUT2D eigenvalue weighted by Crippen LogP contribution is -2.26. The van der Waals surface area contributed by atoms with E-state index in [0.717, 1.165) is 17.3 Å². The van der Waals surface area contributed by atoms with E-state index in [0.29, 0.717) is 6.04 Å². The van der Waals surface area contributed by atoms with Crippen LogP contribution in [0.4, 0.5) is 0 Å². The maximum absolute atomic E-state index is 11.5. The van der Waals surface area contributed by atoms with Crippen LogP contribution >= 0.6 is 15.9 Å². The molecule has 0 bridgehead atoms. The van der Waals surface area contributed by atoms with Crippen LogP contribution < -0.4 is 10.1 Å². The number of hydrogen-bond acceptors (Lipinski definition) is 3. The molecule has 0 radical (unpaired) electrons. The number of ether oxygens (including phenoxy) is 1. The molecule has 0 aromatic heterocycles. The first-order valence-corrected chi connectivity index (χ1v) is 6.80. The quantitative estimate of drug-likeness (QED) is 0.839. The highest BCUT2D eigenvalue weighted by atomic mass is 79.9. The van der Waals surface area contributed by atoms with Crippen molar-refractivity contribution in [1.82, 2.24) is 5.32 Å². The van der Waals surface area contributed by atoms with Crippen LogP contribution in [0.3, 0.4) is 0 Å². The molecule has 1 amide bonds. The summed E-state index contributed by atoms with van der Waals surface area (Å²) >= 11 is 3.26. The maximum atomic E-state index is 11.5. The van der Waals surface area contributed by atoms with Crippen molar-refractivity contribution in [2.24, 2.45) is 0 Å². The summed E-state index contributed by atoms with van der Waals surface area (Å²) in [5, 5.41) is 11.9. The highest BCUT2D eigenvalue weighted by molar-refractivity contribution is 9.10. The third kappa shape index (κ3) is 4.24. The molecule has 19 heavy (non-hydrogen) atoms. The Kier molecular flexibility index (Phi) is 4.42. The van der Waals surface area contributed by atoms with E-state index in [1.165, 1.54) is 6.07 Å². The van der Waals surface area contributed by atoms with Crippen LogP contribution in [0.2, 0.25) is 0 Å². The van der Waals surface area contributed by atoms with E-state index in [1.54, 1.807) is 12.1 Å². The first kappa shape index (κ1) is 13.9. The number of aromatic carboxylic acids is 1. The zero-order chi connectivity index (χ0) is 13.8. The van der Waals surface area contributed by atoms with E-state index >= 15 is 0 Å².